The Kier molecular flexibility index (Phi) is 7.17. The summed E-state index contributed by atoms with van der Waals surface area (Å²) in [6, 6.07) is 11.8. The first kappa shape index (κ1) is 22.8. The quantitative estimate of drug-likeness (QED) is 0.744. The van der Waals surface area contributed by atoms with Crippen LogP contribution in [0.2, 0.25) is 0 Å². The standard InChI is InChI=1S/C23H32N4O4S/c1-31-22-9-8-20-16-19(6-7-21(20)17-22)18-24-23(28)25-12-14-27(15-13-25)32(29,30)26-10-4-2-3-5-11-26/h6-9,16-17H,2-5,10-15,18H2,1H3,(H,24,28). The monoisotopic (exact) mass is 460 g/mol. The fraction of sp³-hybridized carbons (Fsp3) is 0.522. The molecule has 0 unspecified atom stereocenters. The van der Waals surface area contributed by atoms with E-state index in [1.807, 2.05) is 30.3 Å². The molecule has 8 nitrogen and oxygen atoms in total. The Bertz CT molecular complexity index is 1040. The molecule has 32 heavy (non-hydrogen) atoms. The van der Waals surface area contributed by atoms with Crippen LogP contribution in [0.3, 0.4) is 0 Å². The molecule has 4 rings (SSSR count). The molecule has 2 saturated heterocycles. The largest absolute Gasteiger partial charge is 0.497 e. The molecule has 0 bridgehead atoms. The number of benzene rings is 2. The Morgan fingerprint density at radius 1 is 0.875 bits per heavy atom. The fourth-order valence-electron chi connectivity index (χ4n) is 4.36. The molecule has 0 aliphatic carbocycles. The summed E-state index contributed by atoms with van der Waals surface area (Å²) >= 11 is 0. The van der Waals surface area contributed by atoms with Crippen molar-refractivity contribution in [1.29, 1.82) is 0 Å². The molecule has 0 saturated carbocycles. The first-order chi connectivity index (χ1) is 15.5. The van der Waals surface area contributed by atoms with E-state index in [1.54, 1.807) is 16.3 Å². The predicted molar refractivity (Wildman–Crippen MR) is 125 cm³/mol. The van der Waals surface area contributed by atoms with Crippen molar-refractivity contribution in [2.45, 2.75) is 32.2 Å². The highest BCUT2D eigenvalue weighted by molar-refractivity contribution is 7.86. The maximum absolute atomic E-state index is 13.0. The molecule has 0 radical (unpaired) electrons. The van der Waals surface area contributed by atoms with Gasteiger partial charge in [0.05, 0.1) is 7.11 Å². The van der Waals surface area contributed by atoms with E-state index in [4.69, 9.17) is 4.74 Å². The van der Waals surface area contributed by atoms with Crippen LogP contribution in [0.1, 0.15) is 31.2 Å². The Balaban J connectivity index is 1.29. The summed E-state index contributed by atoms with van der Waals surface area (Å²) in [5, 5.41) is 5.14. The van der Waals surface area contributed by atoms with Crippen molar-refractivity contribution in [1.82, 2.24) is 18.8 Å². The van der Waals surface area contributed by atoms with Gasteiger partial charge in [-0.2, -0.15) is 17.0 Å². The number of amides is 2. The average molecular weight is 461 g/mol. The fourth-order valence-corrected chi connectivity index (χ4v) is 6.03. The van der Waals surface area contributed by atoms with E-state index in [1.165, 1.54) is 4.31 Å². The number of fused-ring (bicyclic) bond motifs is 1. The highest BCUT2D eigenvalue weighted by Gasteiger charge is 2.33. The van der Waals surface area contributed by atoms with Crippen molar-refractivity contribution >= 4 is 27.0 Å². The highest BCUT2D eigenvalue weighted by Crippen LogP contribution is 2.22. The normalized spacial score (nSPS) is 19.0. The van der Waals surface area contributed by atoms with E-state index in [-0.39, 0.29) is 6.03 Å². The summed E-state index contributed by atoms with van der Waals surface area (Å²) in [4.78, 5) is 14.3. The smallest absolute Gasteiger partial charge is 0.317 e. The van der Waals surface area contributed by atoms with Gasteiger partial charge in [0.1, 0.15) is 5.75 Å². The first-order valence-corrected chi connectivity index (χ1v) is 12.7. The van der Waals surface area contributed by atoms with Crippen molar-refractivity contribution in [2.75, 3.05) is 46.4 Å². The lowest BCUT2D eigenvalue weighted by molar-refractivity contribution is 0.169. The zero-order valence-corrected chi connectivity index (χ0v) is 19.4. The second kappa shape index (κ2) is 10.1. The van der Waals surface area contributed by atoms with Gasteiger partial charge in [0.2, 0.25) is 0 Å². The third-order valence-electron chi connectivity index (χ3n) is 6.30. The summed E-state index contributed by atoms with van der Waals surface area (Å²) in [7, 11) is -1.79. The van der Waals surface area contributed by atoms with E-state index >= 15 is 0 Å². The molecule has 2 fully saturated rings. The zero-order valence-electron chi connectivity index (χ0n) is 18.6. The van der Waals surface area contributed by atoms with Crippen molar-refractivity contribution in [3.8, 4) is 5.75 Å². The van der Waals surface area contributed by atoms with Gasteiger partial charge in [-0.15, -0.1) is 0 Å². The van der Waals surface area contributed by atoms with E-state index in [0.29, 0.717) is 45.8 Å². The zero-order chi connectivity index (χ0) is 22.6. The number of urea groups is 1. The summed E-state index contributed by atoms with van der Waals surface area (Å²) in [5.41, 5.74) is 1.01. The van der Waals surface area contributed by atoms with Gasteiger partial charge in [-0.25, -0.2) is 4.79 Å². The molecule has 0 aromatic heterocycles. The second-order valence-corrected chi connectivity index (χ2v) is 10.3. The van der Waals surface area contributed by atoms with Crippen LogP contribution in [-0.4, -0.2) is 74.3 Å². The molecule has 0 spiro atoms. The van der Waals surface area contributed by atoms with Crippen LogP contribution in [-0.2, 0) is 16.8 Å². The van der Waals surface area contributed by atoms with Gasteiger partial charge in [0.25, 0.3) is 10.2 Å². The highest BCUT2D eigenvalue weighted by atomic mass is 32.2. The topological polar surface area (TPSA) is 82.2 Å². The SMILES string of the molecule is COc1ccc2cc(CNC(=O)N3CCN(S(=O)(=O)N4CCCCCC4)CC3)ccc2c1. The van der Waals surface area contributed by atoms with Crippen LogP contribution >= 0.6 is 0 Å². The van der Waals surface area contributed by atoms with Crippen molar-refractivity contribution in [3.05, 3.63) is 42.0 Å². The van der Waals surface area contributed by atoms with Crippen LogP contribution < -0.4 is 10.1 Å². The number of carbonyl (C=O) groups excluding carboxylic acids is 1. The lowest BCUT2D eigenvalue weighted by Crippen LogP contribution is -2.55. The number of methoxy groups -OCH3 is 1. The van der Waals surface area contributed by atoms with Gasteiger partial charge in [-0.1, -0.05) is 31.0 Å². The molecule has 2 aromatic rings. The molecule has 2 aliphatic rings. The molecular formula is C23H32N4O4S. The minimum Gasteiger partial charge on any atom is -0.497 e. The molecule has 9 heteroatoms. The number of hydrogen-bond donors (Lipinski definition) is 1. The Morgan fingerprint density at radius 3 is 2.19 bits per heavy atom. The van der Waals surface area contributed by atoms with Gasteiger partial charge < -0.3 is 15.0 Å². The Morgan fingerprint density at radius 2 is 1.50 bits per heavy atom. The van der Waals surface area contributed by atoms with Crippen LogP contribution in [0.4, 0.5) is 4.79 Å². The number of carbonyl (C=O) groups is 1. The molecule has 174 valence electrons. The maximum atomic E-state index is 13.0. The number of rotatable bonds is 5. The average Bonchev–Trinajstić information content (AvgIpc) is 3.12. The Labute approximate surface area is 190 Å². The third kappa shape index (κ3) is 5.16. The van der Waals surface area contributed by atoms with E-state index in [0.717, 1.165) is 47.8 Å². The van der Waals surface area contributed by atoms with Gasteiger partial charge in [-0.05, 0) is 47.4 Å². The van der Waals surface area contributed by atoms with E-state index in [9.17, 15) is 13.2 Å². The summed E-state index contributed by atoms with van der Waals surface area (Å²) in [6.45, 7) is 3.09. The van der Waals surface area contributed by atoms with E-state index < -0.39 is 10.2 Å². The molecule has 0 atom stereocenters. The maximum Gasteiger partial charge on any atom is 0.317 e. The summed E-state index contributed by atoms with van der Waals surface area (Å²) in [6.07, 6.45) is 4.02. The predicted octanol–water partition coefficient (Wildman–Crippen LogP) is 2.80. The second-order valence-electron chi connectivity index (χ2n) is 8.41. The molecule has 2 aromatic carbocycles. The van der Waals surface area contributed by atoms with Crippen molar-refractivity contribution < 1.29 is 17.9 Å². The lowest BCUT2D eigenvalue weighted by Gasteiger charge is -2.36. The first-order valence-electron chi connectivity index (χ1n) is 11.3. The minimum atomic E-state index is -3.44. The molecule has 2 aliphatic heterocycles. The third-order valence-corrected chi connectivity index (χ3v) is 8.33. The van der Waals surface area contributed by atoms with Crippen molar-refractivity contribution in [2.24, 2.45) is 0 Å². The number of nitrogens with zero attached hydrogens (tertiary/aromatic N) is 3. The van der Waals surface area contributed by atoms with Crippen LogP contribution in [0.25, 0.3) is 10.8 Å². The minimum absolute atomic E-state index is 0.161. The molecule has 1 N–H and O–H groups in total. The van der Waals surface area contributed by atoms with E-state index in [2.05, 4.69) is 11.4 Å². The summed E-state index contributed by atoms with van der Waals surface area (Å²) < 4.78 is 34.3. The van der Waals surface area contributed by atoms with Gasteiger partial charge in [-0.3, -0.25) is 0 Å². The molecule has 2 amide bonds. The molecule has 2 heterocycles. The van der Waals surface area contributed by atoms with Gasteiger partial charge in [0.15, 0.2) is 0 Å². The summed E-state index contributed by atoms with van der Waals surface area (Å²) in [5.74, 6) is 0.815. The lowest BCUT2D eigenvalue weighted by atomic mass is 10.1. The Hall–Kier alpha value is -2.36. The van der Waals surface area contributed by atoms with Crippen LogP contribution in [0, 0.1) is 0 Å². The van der Waals surface area contributed by atoms with Gasteiger partial charge >= 0.3 is 6.03 Å². The van der Waals surface area contributed by atoms with Crippen molar-refractivity contribution in [3.63, 3.8) is 0 Å². The van der Waals surface area contributed by atoms with Crippen LogP contribution in [0.5, 0.6) is 5.75 Å². The van der Waals surface area contributed by atoms with Crippen LogP contribution in [0.15, 0.2) is 36.4 Å². The number of nitrogens with one attached hydrogen (secondary N) is 1. The van der Waals surface area contributed by atoms with Gasteiger partial charge in [0, 0.05) is 45.8 Å². The number of piperazine rings is 1. The molecular weight excluding hydrogens is 428 g/mol. The number of hydrogen-bond acceptors (Lipinski definition) is 4. The number of ether oxygens (including phenoxy) is 1.